The molecule has 1 saturated heterocycles. The molecule has 2 aromatic carbocycles. The second-order valence-electron chi connectivity index (χ2n) is 6.89. The quantitative estimate of drug-likeness (QED) is 0.856. The van der Waals surface area contributed by atoms with Gasteiger partial charge in [-0.05, 0) is 36.2 Å². The second kappa shape index (κ2) is 9.33. The van der Waals surface area contributed by atoms with Gasteiger partial charge in [0.15, 0.2) is 0 Å². The van der Waals surface area contributed by atoms with E-state index in [0.717, 1.165) is 39.1 Å². The van der Waals surface area contributed by atoms with Crippen molar-refractivity contribution in [3.8, 4) is 0 Å². The van der Waals surface area contributed by atoms with E-state index in [2.05, 4.69) is 34.5 Å². The van der Waals surface area contributed by atoms with Crippen molar-refractivity contribution in [1.29, 1.82) is 0 Å². The van der Waals surface area contributed by atoms with E-state index in [4.69, 9.17) is 0 Å². The van der Waals surface area contributed by atoms with E-state index in [1.165, 1.54) is 5.56 Å². The number of hydrogen-bond acceptors (Lipinski definition) is 3. The number of rotatable bonds is 6. The van der Waals surface area contributed by atoms with E-state index in [-0.39, 0.29) is 11.8 Å². The number of benzene rings is 2. The Morgan fingerprint density at radius 2 is 1.52 bits per heavy atom. The molecule has 2 amide bonds. The summed E-state index contributed by atoms with van der Waals surface area (Å²) < 4.78 is 0. The van der Waals surface area contributed by atoms with Gasteiger partial charge in [-0.15, -0.1) is 0 Å². The summed E-state index contributed by atoms with van der Waals surface area (Å²) in [6.45, 7) is 6.80. The average molecular weight is 365 g/mol. The van der Waals surface area contributed by atoms with Gasteiger partial charge in [0.1, 0.15) is 0 Å². The van der Waals surface area contributed by atoms with Crippen molar-refractivity contribution in [1.82, 2.24) is 15.1 Å². The van der Waals surface area contributed by atoms with E-state index in [0.29, 0.717) is 17.7 Å². The molecular weight excluding hydrogens is 338 g/mol. The van der Waals surface area contributed by atoms with Gasteiger partial charge in [0.2, 0.25) is 0 Å². The molecule has 1 aliphatic heterocycles. The molecule has 142 valence electrons. The van der Waals surface area contributed by atoms with Gasteiger partial charge in [-0.25, -0.2) is 0 Å². The summed E-state index contributed by atoms with van der Waals surface area (Å²) in [6, 6.07) is 17.4. The largest absolute Gasteiger partial charge is 0.352 e. The molecule has 5 heteroatoms. The molecule has 1 N–H and O–H groups in total. The zero-order valence-electron chi connectivity index (χ0n) is 15.9. The van der Waals surface area contributed by atoms with Gasteiger partial charge in [0, 0.05) is 50.4 Å². The number of hydrogen-bond donors (Lipinski definition) is 1. The van der Waals surface area contributed by atoms with Gasteiger partial charge in [0.05, 0.1) is 0 Å². The minimum atomic E-state index is -0.0922. The van der Waals surface area contributed by atoms with Crippen LogP contribution in [0.5, 0.6) is 0 Å². The van der Waals surface area contributed by atoms with Crippen molar-refractivity contribution in [2.45, 2.75) is 19.9 Å². The van der Waals surface area contributed by atoms with Crippen LogP contribution in [-0.4, -0.2) is 54.3 Å². The first-order chi connectivity index (χ1) is 13.2. The predicted octanol–water partition coefficient (Wildman–Crippen LogP) is 2.78. The molecule has 0 radical (unpaired) electrons. The van der Waals surface area contributed by atoms with Crippen LogP contribution < -0.4 is 5.32 Å². The SMILES string of the molecule is CCCNC(=O)c1ccc(C(=O)N2CCN(Cc3ccccc3)CC2)cc1. The topological polar surface area (TPSA) is 52.7 Å². The third-order valence-corrected chi connectivity index (χ3v) is 4.84. The molecule has 1 fully saturated rings. The highest BCUT2D eigenvalue weighted by atomic mass is 16.2. The van der Waals surface area contributed by atoms with E-state index < -0.39 is 0 Å². The Bertz CT molecular complexity index is 751. The maximum absolute atomic E-state index is 12.7. The van der Waals surface area contributed by atoms with Crippen molar-refractivity contribution in [3.05, 3.63) is 71.3 Å². The molecule has 0 spiro atoms. The Balaban J connectivity index is 1.52. The fourth-order valence-electron chi connectivity index (χ4n) is 3.24. The van der Waals surface area contributed by atoms with Crippen LogP contribution in [0.1, 0.15) is 39.6 Å². The Kier molecular flexibility index (Phi) is 6.60. The standard InChI is InChI=1S/C22H27N3O2/c1-2-12-23-21(26)19-8-10-20(11-9-19)22(27)25-15-13-24(14-16-25)17-18-6-4-3-5-7-18/h3-11H,2,12-17H2,1H3,(H,23,26). The average Bonchev–Trinajstić information content (AvgIpc) is 2.73. The molecule has 27 heavy (non-hydrogen) atoms. The van der Waals surface area contributed by atoms with Gasteiger partial charge < -0.3 is 10.2 Å². The molecule has 0 unspecified atom stereocenters. The number of nitrogens with zero attached hydrogens (tertiary/aromatic N) is 2. The van der Waals surface area contributed by atoms with Crippen molar-refractivity contribution in [2.24, 2.45) is 0 Å². The highest BCUT2D eigenvalue weighted by Gasteiger charge is 2.22. The van der Waals surface area contributed by atoms with Crippen LogP contribution in [0, 0.1) is 0 Å². The Morgan fingerprint density at radius 1 is 0.889 bits per heavy atom. The molecule has 1 heterocycles. The van der Waals surface area contributed by atoms with Crippen LogP contribution in [-0.2, 0) is 6.54 Å². The molecule has 0 saturated carbocycles. The summed E-state index contributed by atoms with van der Waals surface area (Å²) in [6.07, 6.45) is 0.901. The van der Waals surface area contributed by atoms with E-state index in [1.54, 1.807) is 24.3 Å². The van der Waals surface area contributed by atoms with Crippen molar-refractivity contribution >= 4 is 11.8 Å². The lowest BCUT2D eigenvalue weighted by Crippen LogP contribution is -2.48. The number of nitrogens with one attached hydrogen (secondary N) is 1. The molecule has 1 aliphatic rings. The van der Waals surface area contributed by atoms with Crippen LogP contribution in [0.2, 0.25) is 0 Å². The molecule has 0 aliphatic carbocycles. The summed E-state index contributed by atoms with van der Waals surface area (Å²) in [4.78, 5) is 29.0. The molecule has 0 atom stereocenters. The highest BCUT2D eigenvalue weighted by molar-refractivity contribution is 5.97. The maximum Gasteiger partial charge on any atom is 0.253 e. The zero-order valence-corrected chi connectivity index (χ0v) is 15.9. The minimum absolute atomic E-state index is 0.0369. The first-order valence-electron chi connectivity index (χ1n) is 9.61. The van der Waals surface area contributed by atoms with Gasteiger partial charge >= 0.3 is 0 Å². The lowest BCUT2D eigenvalue weighted by Gasteiger charge is -2.34. The maximum atomic E-state index is 12.7. The third-order valence-electron chi connectivity index (χ3n) is 4.84. The predicted molar refractivity (Wildman–Crippen MR) is 107 cm³/mol. The normalized spacial score (nSPS) is 14.8. The summed E-state index contributed by atoms with van der Waals surface area (Å²) in [7, 11) is 0. The monoisotopic (exact) mass is 365 g/mol. The number of carbonyl (C=O) groups is 2. The Hall–Kier alpha value is -2.66. The molecular formula is C22H27N3O2. The van der Waals surface area contributed by atoms with Crippen molar-refractivity contribution in [2.75, 3.05) is 32.7 Å². The Labute approximate surface area is 161 Å². The van der Waals surface area contributed by atoms with Gasteiger partial charge in [-0.1, -0.05) is 37.3 Å². The smallest absolute Gasteiger partial charge is 0.253 e. The van der Waals surface area contributed by atoms with Gasteiger partial charge in [0.25, 0.3) is 11.8 Å². The number of piperazine rings is 1. The molecule has 2 aromatic rings. The van der Waals surface area contributed by atoms with Crippen LogP contribution in [0.4, 0.5) is 0 Å². The first-order valence-corrected chi connectivity index (χ1v) is 9.61. The molecule has 0 aromatic heterocycles. The van der Waals surface area contributed by atoms with Gasteiger partial charge in [-0.3, -0.25) is 14.5 Å². The van der Waals surface area contributed by atoms with E-state index in [9.17, 15) is 9.59 Å². The number of carbonyl (C=O) groups excluding carboxylic acids is 2. The van der Waals surface area contributed by atoms with Crippen LogP contribution in [0.25, 0.3) is 0 Å². The minimum Gasteiger partial charge on any atom is -0.352 e. The molecule has 5 nitrogen and oxygen atoms in total. The zero-order chi connectivity index (χ0) is 19.1. The summed E-state index contributed by atoms with van der Waals surface area (Å²) in [5.74, 6) is -0.0553. The van der Waals surface area contributed by atoms with E-state index in [1.807, 2.05) is 17.9 Å². The lowest BCUT2D eigenvalue weighted by molar-refractivity contribution is 0.0628. The highest BCUT2D eigenvalue weighted by Crippen LogP contribution is 2.12. The molecule has 3 rings (SSSR count). The van der Waals surface area contributed by atoms with Crippen LogP contribution in [0.15, 0.2) is 54.6 Å². The summed E-state index contributed by atoms with van der Waals surface area (Å²) in [5, 5.41) is 2.85. The van der Waals surface area contributed by atoms with Crippen molar-refractivity contribution < 1.29 is 9.59 Å². The molecule has 0 bridgehead atoms. The van der Waals surface area contributed by atoms with Gasteiger partial charge in [-0.2, -0.15) is 0 Å². The first kappa shape index (κ1) is 19.1. The summed E-state index contributed by atoms with van der Waals surface area (Å²) >= 11 is 0. The van der Waals surface area contributed by atoms with Crippen LogP contribution in [0.3, 0.4) is 0 Å². The Morgan fingerprint density at radius 3 is 2.15 bits per heavy atom. The second-order valence-corrected chi connectivity index (χ2v) is 6.89. The number of amides is 2. The van der Waals surface area contributed by atoms with E-state index >= 15 is 0 Å². The fraction of sp³-hybridized carbons (Fsp3) is 0.364. The van der Waals surface area contributed by atoms with Crippen LogP contribution >= 0.6 is 0 Å². The van der Waals surface area contributed by atoms with Crippen molar-refractivity contribution in [3.63, 3.8) is 0 Å². The fourth-order valence-corrected chi connectivity index (χ4v) is 3.24. The lowest BCUT2D eigenvalue weighted by atomic mass is 10.1. The third kappa shape index (κ3) is 5.17. The summed E-state index contributed by atoms with van der Waals surface area (Å²) in [5.41, 5.74) is 2.53.